The molecule has 0 unspecified atom stereocenters. The molecule has 1 aromatic heterocycles. The second kappa shape index (κ2) is 7.68. The molecule has 28 heavy (non-hydrogen) atoms. The van der Waals surface area contributed by atoms with Crippen LogP contribution in [-0.2, 0) is 28.9 Å². The fourth-order valence-corrected chi connectivity index (χ4v) is 4.08. The van der Waals surface area contributed by atoms with Gasteiger partial charge in [0.05, 0.1) is 25.5 Å². The molecule has 3 aliphatic rings. The lowest BCUT2D eigenvalue weighted by Crippen LogP contribution is -2.34. The largest absolute Gasteiger partial charge is 0.475 e. The van der Waals surface area contributed by atoms with Crippen LogP contribution in [0.25, 0.3) is 11.3 Å². The summed E-state index contributed by atoms with van der Waals surface area (Å²) in [6, 6.07) is 8.56. The predicted molar refractivity (Wildman–Crippen MR) is 105 cm³/mol. The summed E-state index contributed by atoms with van der Waals surface area (Å²) in [5.41, 5.74) is 4.47. The van der Waals surface area contributed by atoms with Gasteiger partial charge in [-0.15, -0.1) is 0 Å². The monoisotopic (exact) mass is 382 g/mol. The highest BCUT2D eigenvalue weighted by atomic mass is 16.6. The Hall–Kier alpha value is -2.18. The summed E-state index contributed by atoms with van der Waals surface area (Å²) in [4.78, 5) is 16.6. The van der Waals surface area contributed by atoms with Gasteiger partial charge in [-0.25, -0.2) is 4.79 Å². The molecule has 0 radical (unpaired) electrons. The van der Waals surface area contributed by atoms with Crippen LogP contribution in [-0.4, -0.2) is 42.1 Å². The molecule has 1 atom stereocenters. The summed E-state index contributed by atoms with van der Waals surface area (Å²) in [6.45, 7) is 2.71. The molecular weight excluding hydrogens is 356 g/mol. The lowest BCUT2D eigenvalue weighted by atomic mass is 9.94. The van der Waals surface area contributed by atoms with Crippen LogP contribution in [0.15, 0.2) is 29.1 Å². The van der Waals surface area contributed by atoms with Gasteiger partial charge in [0.15, 0.2) is 0 Å². The van der Waals surface area contributed by atoms with Crippen molar-refractivity contribution in [1.29, 1.82) is 0 Å². The lowest BCUT2D eigenvalue weighted by molar-refractivity contribution is -0.102. The first-order valence-corrected chi connectivity index (χ1v) is 10.3. The topological polar surface area (TPSA) is 62.6 Å². The zero-order valence-electron chi connectivity index (χ0n) is 16.1. The molecule has 148 valence electrons. The molecule has 5 rings (SSSR count). The van der Waals surface area contributed by atoms with E-state index in [2.05, 4.69) is 23.2 Å². The Kier molecular flexibility index (Phi) is 4.91. The molecule has 1 aromatic carbocycles. The summed E-state index contributed by atoms with van der Waals surface area (Å²) in [5.74, 6) is 1.30. The third kappa shape index (κ3) is 3.84. The zero-order valence-corrected chi connectivity index (χ0v) is 16.1. The Bertz CT molecular complexity index is 913. The molecule has 6 heteroatoms. The van der Waals surface area contributed by atoms with Gasteiger partial charge in [0.25, 0.3) is 0 Å². The Morgan fingerprint density at radius 1 is 1.21 bits per heavy atom. The van der Waals surface area contributed by atoms with E-state index >= 15 is 0 Å². The van der Waals surface area contributed by atoms with Gasteiger partial charge in [-0.2, -0.15) is 4.98 Å². The maximum atomic E-state index is 12.5. The summed E-state index contributed by atoms with van der Waals surface area (Å²) >= 11 is 0. The zero-order chi connectivity index (χ0) is 18.9. The van der Waals surface area contributed by atoms with E-state index in [0.29, 0.717) is 38.9 Å². The van der Waals surface area contributed by atoms with Gasteiger partial charge < -0.3 is 14.2 Å². The first-order chi connectivity index (χ1) is 13.8. The summed E-state index contributed by atoms with van der Waals surface area (Å²) in [6.07, 6.45) is 6.00. The molecule has 0 bridgehead atoms. The van der Waals surface area contributed by atoms with Crippen LogP contribution in [0, 0.1) is 5.92 Å². The first kappa shape index (κ1) is 17.9. The molecule has 1 saturated carbocycles. The summed E-state index contributed by atoms with van der Waals surface area (Å²) in [7, 11) is 0. The van der Waals surface area contributed by atoms with E-state index < -0.39 is 0 Å². The van der Waals surface area contributed by atoms with Crippen LogP contribution >= 0.6 is 0 Å². The molecule has 2 aliphatic heterocycles. The summed E-state index contributed by atoms with van der Waals surface area (Å²) < 4.78 is 18.5. The Morgan fingerprint density at radius 2 is 2.14 bits per heavy atom. The van der Waals surface area contributed by atoms with E-state index in [9.17, 15) is 4.79 Å². The van der Waals surface area contributed by atoms with Crippen molar-refractivity contribution >= 4 is 0 Å². The molecule has 3 heterocycles. The van der Waals surface area contributed by atoms with E-state index in [0.717, 1.165) is 30.0 Å². The number of ether oxygens (including phenoxy) is 3. The Balaban J connectivity index is 1.36. The number of benzene rings is 1. The molecule has 0 spiro atoms. The normalized spacial score (nSPS) is 21.1. The lowest BCUT2D eigenvalue weighted by Gasteiger charge is -2.24. The van der Waals surface area contributed by atoms with Gasteiger partial charge in [-0.3, -0.25) is 4.57 Å². The molecule has 0 amide bonds. The molecule has 2 fully saturated rings. The molecule has 0 N–H and O–H groups in total. The van der Waals surface area contributed by atoms with Gasteiger partial charge in [0.1, 0.15) is 12.7 Å². The average molecular weight is 382 g/mol. The number of fused-ring (bicyclic) bond motifs is 3. The van der Waals surface area contributed by atoms with Crippen LogP contribution in [0.1, 0.15) is 30.4 Å². The van der Waals surface area contributed by atoms with Crippen LogP contribution in [0.4, 0.5) is 0 Å². The molecule has 1 aliphatic carbocycles. The highest BCUT2D eigenvalue weighted by Crippen LogP contribution is 2.35. The van der Waals surface area contributed by atoms with E-state index in [-0.39, 0.29) is 11.8 Å². The number of rotatable bonds is 6. The third-order valence-corrected chi connectivity index (χ3v) is 5.88. The van der Waals surface area contributed by atoms with E-state index in [1.807, 2.05) is 6.07 Å². The van der Waals surface area contributed by atoms with Crippen molar-refractivity contribution in [3.63, 3.8) is 0 Å². The van der Waals surface area contributed by atoms with Crippen molar-refractivity contribution in [1.82, 2.24) is 9.55 Å². The van der Waals surface area contributed by atoms with Gasteiger partial charge in [0, 0.05) is 18.2 Å². The minimum Gasteiger partial charge on any atom is -0.475 e. The molecule has 1 saturated heterocycles. The fraction of sp³-hybridized carbons (Fsp3) is 0.545. The molecular formula is C22H26N2O4. The predicted octanol–water partition coefficient (Wildman–Crippen LogP) is 2.60. The maximum absolute atomic E-state index is 12.5. The standard InChI is InChI=1S/C22H26N2O4/c25-22-23-21(28-14-18-13-26-9-10-27-18)12-20-19-6-5-16(4-3-15-1-2-15)11-17(19)7-8-24(20)22/h5-6,11-12,15,18H,1-4,7-10,13-14H2/t18-/m1/s1. The van der Waals surface area contributed by atoms with E-state index in [1.54, 1.807) is 4.57 Å². The van der Waals surface area contributed by atoms with Gasteiger partial charge in [-0.1, -0.05) is 31.0 Å². The quantitative estimate of drug-likeness (QED) is 0.769. The van der Waals surface area contributed by atoms with Crippen LogP contribution in [0.5, 0.6) is 5.88 Å². The second-order valence-electron chi connectivity index (χ2n) is 8.02. The van der Waals surface area contributed by atoms with Crippen LogP contribution in [0.2, 0.25) is 0 Å². The van der Waals surface area contributed by atoms with E-state index in [1.165, 1.54) is 30.4 Å². The van der Waals surface area contributed by atoms with Crippen molar-refractivity contribution in [2.75, 3.05) is 26.4 Å². The minimum absolute atomic E-state index is 0.115. The highest BCUT2D eigenvalue weighted by molar-refractivity contribution is 5.67. The number of nitrogens with zero attached hydrogens (tertiary/aromatic N) is 2. The smallest absolute Gasteiger partial charge is 0.351 e. The highest BCUT2D eigenvalue weighted by Gasteiger charge is 2.23. The fourth-order valence-electron chi connectivity index (χ4n) is 4.08. The first-order valence-electron chi connectivity index (χ1n) is 10.3. The maximum Gasteiger partial charge on any atom is 0.351 e. The van der Waals surface area contributed by atoms with Crippen molar-refractivity contribution in [3.05, 3.63) is 45.9 Å². The van der Waals surface area contributed by atoms with Gasteiger partial charge in [0.2, 0.25) is 5.88 Å². The number of aromatic nitrogens is 2. The minimum atomic E-state index is -0.253. The van der Waals surface area contributed by atoms with Crippen molar-refractivity contribution in [2.45, 2.75) is 44.8 Å². The number of hydrogen-bond acceptors (Lipinski definition) is 5. The second-order valence-corrected chi connectivity index (χ2v) is 8.02. The van der Waals surface area contributed by atoms with E-state index in [4.69, 9.17) is 14.2 Å². The molecule has 6 nitrogen and oxygen atoms in total. The van der Waals surface area contributed by atoms with Crippen molar-refractivity contribution < 1.29 is 14.2 Å². The van der Waals surface area contributed by atoms with Crippen LogP contribution < -0.4 is 10.4 Å². The van der Waals surface area contributed by atoms with Gasteiger partial charge in [-0.05, 0) is 36.3 Å². The number of hydrogen-bond donors (Lipinski definition) is 0. The van der Waals surface area contributed by atoms with Crippen molar-refractivity contribution in [3.8, 4) is 17.1 Å². The Morgan fingerprint density at radius 3 is 2.96 bits per heavy atom. The number of aryl methyl sites for hydroxylation is 2. The van der Waals surface area contributed by atoms with Gasteiger partial charge >= 0.3 is 5.69 Å². The Labute approximate surface area is 164 Å². The summed E-state index contributed by atoms with van der Waals surface area (Å²) in [5, 5.41) is 0. The average Bonchev–Trinajstić information content (AvgIpc) is 3.56. The third-order valence-electron chi connectivity index (χ3n) is 5.88. The van der Waals surface area contributed by atoms with Crippen molar-refractivity contribution in [2.24, 2.45) is 5.92 Å². The SMILES string of the molecule is O=c1nc(OC[C@H]2COCCO2)cc2n1CCc1cc(CCC3CC3)ccc1-2. The van der Waals surface area contributed by atoms with Crippen LogP contribution in [0.3, 0.4) is 0 Å². The molecule has 2 aromatic rings.